The van der Waals surface area contributed by atoms with Gasteiger partial charge in [-0.05, 0) is 0 Å². The first-order chi connectivity index (χ1) is 8.49. The van der Waals surface area contributed by atoms with E-state index >= 15 is 0 Å². The number of amides is 1. The standard InChI is InChI=1S/C10H14ClN3O3S/c1-12-6(15)4-5-14(2)10-13-8(11)7(18-10)9(16)17-3/h4-5H2,1-3H3,(H,12,15). The number of rotatable bonds is 5. The van der Waals surface area contributed by atoms with Gasteiger partial charge < -0.3 is 15.0 Å². The van der Waals surface area contributed by atoms with Crippen LogP contribution in [0.1, 0.15) is 16.1 Å². The fraction of sp³-hybridized carbons (Fsp3) is 0.500. The van der Waals surface area contributed by atoms with Gasteiger partial charge in [0.1, 0.15) is 0 Å². The van der Waals surface area contributed by atoms with E-state index in [1.807, 2.05) is 0 Å². The van der Waals surface area contributed by atoms with Gasteiger partial charge in [0.2, 0.25) is 5.91 Å². The largest absolute Gasteiger partial charge is 0.465 e. The number of ether oxygens (including phenoxy) is 1. The minimum absolute atomic E-state index is 0.0577. The smallest absolute Gasteiger partial charge is 0.351 e. The van der Waals surface area contributed by atoms with Gasteiger partial charge in [0.25, 0.3) is 0 Å². The van der Waals surface area contributed by atoms with Crippen LogP contribution in [-0.2, 0) is 9.53 Å². The van der Waals surface area contributed by atoms with Crippen molar-refractivity contribution in [3.8, 4) is 0 Å². The van der Waals surface area contributed by atoms with E-state index in [9.17, 15) is 9.59 Å². The highest BCUT2D eigenvalue weighted by molar-refractivity contribution is 7.18. The molecule has 0 aliphatic carbocycles. The summed E-state index contributed by atoms with van der Waals surface area (Å²) in [5.41, 5.74) is 0. The second-order valence-electron chi connectivity index (χ2n) is 3.45. The van der Waals surface area contributed by atoms with Crippen molar-refractivity contribution in [3.05, 3.63) is 10.0 Å². The van der Waals surface area contributed by atoms with E-state index in [0.717, 1.165) is 11.3 Å². The van der Waals surface area contributed by atoms with Crippen molar-refractivity contribution in [1.29, 1.82) is 0 Å². The van der Waals surface area contributed by atoms with Gasteiger partial charge in [-0.3, -0.25) is 4.79 Å². The first-order valence-corrected chi connectivity index (χ1v) is 6.35. The van der Waals surface area contributed by atoms with Crippen molar-refractivity contribution >= 4 is 39.9 Å². The lowest BCUT2D eigenvalue weighted by molar-refractivity contribution is -0.120. The average Bonchev–Trinajstić information content (AvgIpc) is 2.76. The van der Waals surface area contributed by atoms with Crippen LogP contribution in [-0.4, -0.2) is 44.6 Å². The fourth-order valence-corrected chi connectivity index (χ4v) is 2.35. The summed E-state index contributed by atoms with van der Waals surface area (Å²) in [4.78, 5) is 28.6. The van der Waals surface area contributed by atoms with Crippen LogP contribution in [0.5, 0.6) is 0 Å². The van der Waals surface area contributed by atoms with Crippen LogP contribution in [0.25, 0.3) is 0 Å². The Kier molecular flexibility index (Phi) is 5.36. The van der Waals surface area contributed by atoms with Crippen molar-refractivity contribution in [2.24, 2.45) is 0 Å². The van der Waals surface area contributed by atoms with Crippen molar-refractivity contribution in [2.75, 3.05) is 32.6 Å². The molecule has 1 N–H and O–H groups in total. The molecule has 0 saturated carbocycles. The molecule has 0 spiro atoms. The molecule has 18 heavy (non-hydrogen) atoms. The number of thiazole rings is 1. The van der Waals surface area contributed by atoms with Crippen LogP contribution in [0.4, 0.5) is 5.13 Å². The fourth-order valence-electron chi connectivity index (χ4n) is 1.16. The summed E-state index contributed by atoms with van der Waals surface area (Å²) in [5, 5.41) is 3.23. The Labute approximate surface area is 114 Å². The van der Waals surface area contributed by atoms with Crippen molar-refractivity contribution in [1.82, 2.24) is 10.3 Å². The maximum absolute atomic E-state index is 11.4. The Balaban J connectivity index is 2.72. The molecule has 1 heterocycles. The minimum atomic E-state index is -0.511. The lowest BCUT2D eigenvalue weighted by atomic mass is 10.4. The SMILES string of the molecule is CNC(=O)CCN(C)c1nc(Cl)c(C(=O)OC)s1. The number of hydrogen-bond donors (Lipinski definition) is 1. The first-order valence-electron chi connectivity index (χ1n) is 5.16. The van der Waals surface area contributed by atoms with Crippen LogP contribution in [0.15, 0.2) is 0 Å². The zero-order chi connectivity index (χ0) is 13.7. The Morgan fingerprint density at radius 3 is 2.78 bits per heavy atom. The third-order valence-electron chi connectivity index (χ3n) is 2.22. The van der Waals surface area contributed by atoms with E-state index in [2.05, 4.69) is 15.0 Å². The molecule has 6 nitrogen and oxygen atoms in total. The van der Waals surface area contributed by atoms with Crippen molar-refractivity contribution in [3.63, 3.8) is 0 Å². The molecule has 0 aliphatic rings. The number of nitrogens with one attached hydrogen (secondary N) is 1. The summed E-state index contributed by atoms with van der Waals surface area (Å²) < 4.78 is 4.59. The van der Waals surface area contributed by atoms with Gasteiger partial charge in [0.05, 0.1) is 7.11 Å². The van der Waals surface area contributed by atoms with E-state index in [1.54, 1.807) is 19.0 Å². The predicted molar refractivity (Wildman–Crippen MR) is 70.4 cm³/mol. The summed E-state index contributed by atoms with van der Waals surface area (Å²) in [7, 11) is 4.64. The van der Waals surface area contributed by atoms with Crippen LogP contribution in [0.3, 0.4) is 0 Å². The number of aromatic nitrogens is 1. The molecular formula is C10H14ClN3O3S. The Bertz CT molecular complexity index is 450. The maximum Gasteiger partial charge on any atom is 0.351 e. The molecule has 0 atom stereocenters. The van der Waals surface area contributed by atoms with Gasteiger partial charge in [-0.2, -0.15) is 0 Å². The number of esters is 1. The molecule has 8 heteroatoms. The number of hydrogen-bond acceptors (Lipinski definition) is 6. The van der Waals surface area contributed by atoms with Crippen LogP contribution in [0, 0.1) is 0 Å². The third-order valence-corrected chi connectivity index (χ3v) is 3.76. The molecule has 0 saturated heterocycles. The maximum atomic E-state index is 11.4. The zero-order valence-corrected chi connectivity index (χ0v) is 11.9. The van der Waals surface area contributed by atoms with Gasteiger partial charge in [0, 0.05) is 27.1 Å². The van der Waals surface area contributed by atoms with E-state index in [1.165, 1.54) is 7.11 Å². The van der Waals surface area contributed by atoms with Crippen LogP contribution in [0.2, 0.25) is 5.15 Å². The van der Waals surface area contributed by atoms with E-state index in [0.29, 0.717) is 18.1 Å². The molecule has 100 valence electrons. The molecule has 0 fully saturated rings. The number of halogens is 1. The van der Waals surface area contributed by atoms with Gasteiger partial charge in [-0.15, -0.1) is 0 Å². The number of carbonyl (C=O) groups excluding carboxylic acids is 2. The topological polar surface area (TPSA) is 71.5 Å². The number of nitrogens with zero attached hydrogens (tertiary/aromatic N) is 2. The molecular weight excluding hydrogens is 278 g/mol. The molecule has 0 aromatic carbocycles. The average molecular weight is 292 g/mol. The molecule has 1 aromatic rings. The molecule has 1 rings (SSSR count). The second-order valence-corrected chi connectivity index (χ2v) is 4.79. The Morgan fingerprint density at radius 2 is 2.22 bits per heavy atom. The number of methoxy groups -OCH3 is 1. The molecule has 1 aromatic heterocycles. The zero-order valence-electron chi connectivity index (χ0n) is 10.3. The molecule has 0 unspecified atom stereocenters. The summed E-state index contributed by atoms with van der Waals surface area (Å²) in [6.45, 7) is 0.490. The monoisotopic (exact) mass is 291 g/mol. The Hall–Kier alpha value is -1.34. The predicted octanol–water partition coefficient (Wildman–Crippen LogP) is 1.16. The minimum Gasteiger partial charge on any atom is -0.465 e. The van der Waals surface area contributed by atoms with Crippen LogP contribution < -0.4 is 10.2 Å². The highest BCUT2D eigenvalue weighted by atomic mass is 35.5. The van der Waals surface area contributed by atoms with Gasteiger partial charge in [0.15, 0.2) is 15.2 Å². The first kappa shape index (κ1) is 14.7. The highest BCUT2D eigenvalue weighted by Gasteiger charge is 2.19. The van der Waals surface area contributed by atoms with Crippen LogP contribution >= 0.6 is 22.9 Å². The van der Waals surface area contributed by atoms with Crippen molar-refractivity contribution in [2.45, 2.75) is 6.42 Å². The molecule has 0 radical (unpaired) electrons. The number of carbonyl (C=O) groups is 2. The third kappa shape index (κ3) is 3.58. The van der Waals surface area contributed by atoms with Gasteiger partial charge >= 0.3 is 5.97 Å². The summed E-state index contributed by atoms with van der Waals surface area (Å²) >= 11 is 6.98. The van der Waals surface area contributed by atoms with E-state index in [-0.39, 0.29) is 15.9 Å². The lowest BCUT2D eigenvalue weighted by Gasteiger charge is -2.14. The second kappa shape index (κ2) is 6.55. The van der Waals surface area contributed by atoms with E-state index in [4.69, 9.17) is 11.6 Å². The lowest BCUT2D eigenvalue weighted by Crippen LogP contribution is -2.26. The highest BCUT2D eigenvalue weighted by Crippen LogP contribution is 2.29. The normalized spacial score (nSPS) is 10.0. The Morgan fingerprint density at radius 1 is 1.56 bits per heavy atom. The van der Waals surface area contributed by atoms with Gasteiger partial charge in [-0.25, -0.2) is 9.78 Å². The summed E-state index contributed by atoms with van der Waals surface area (Å²) in [5.74, 6) is -0.568. The summed E-state index contributed by atoms with van der Waals surface area (Å²) in [6, 6.07) is 0. The molecule has 0 aliphatic heterocycles. The quantitative estimate of drug-likeness (QED) is 0.824. The molecule has 0 bridgehead atoms. The van der Waals surface area contributed by atoms with Crippen molar-refractivity contribution < 1.29 is 14.3 Å². The molecule has 1 amide bonds. The summed E-state index contributed by atoms with van der Waals surface area (Å²) in [6.07, 6.45) is 0.345. The van der Waals surface area contributed by atoms with Gasteiger partial charge in [-0.1, -0.05) is 22.9 Å². The van der Waals surface area contributed by atoms with E-state index < -0.39 is 5.97 Å². The number of anilines is 1.